The van der Waals surface area contributed by atoms with E-state index in [1.807, 2.05) is 10.6 Å². The fourth-order valence-electron chi connectivity index (χ4n) is 3.36. The summed E-state index contributed by atoms with van der Waals surface area (Å²) in [6, 6.07) is 6.35. The molecule has 0 aromatic carbocycles. The van der Waals surface area contributed by atoms with Crippen molar-refractivity contribution in [2.75, 3.05) is 18.0 Å². The molecule has 1 N–H and O–H groups in total. The second-order valence-corrected chi connectivity index (χ2v) is 6.37. The fourth-order valence-corrected chi connectivity index (χ4v) is 3.36. The van der Waals surface area contributed by atoms with Crippen molar-refractivity contribution in [3.05, 3.63) is 28.2 Å². The molecule has 0 spiro atoms. The first-order valence-corrected chi connectivity index (χ1v) is 8.54. The van der Waals surface area contributed by atoms with Gasteiger partial charge in [-0.25, -0.2) is 4.52 Å². The summed E-state index contributed by atoms with van der Waals surface area (Å²) in [5.41, 5.74) is 1.36. The van der Waals surface area contributed by atoms with Crippen LogP contribution in [0.2, 0.25) is 0 Å². The molecule has 2 aromatic heterocycles. The summed E-state index contributed by atoms with van der Waals surface area (Å²) < 4.78 is 3.40. The summed E-state index contributed by atoms with van der Waals surface area (Å²) in [5, 5.41) is 17.1. The molecular weight excluding hydrogens is 304 g/mol. The molecular formula is C17H24N6O. The summed E-state index contributed by atoms with van der Waals surface area (Å²) in [5.74, 6) is 0.823. The van der Waals surface area contributed by atoms with Crippen molar-refractivity contribution < 1.29 is 0 Å². The molecule has 0 aliphatic carbocycles. The van der Waals surface area contributed by atoms with E-state index >= 15 is 0 Å². The molecule has 3 rings (SSSR count). The smallest absolute Gasteiger partial charge is 0.255 e. The minimum atomic E-state index is -0.0534. The van der Waals surface area contributed by atoms with Crippen LogP contribution >= 0.6 is 0 Å². The van der Waals surface area contributed by atoms with E-state index in [0.717, 1.165) is 37.4 Å². The van der Waals surface area contributed by atoms with Gasteiger partial charge in [-0.2, -0.15) is 10.4 Å². The third-order valence-electron chi connectivity index (χ3n) is 4.90. The number of rotatable bonds is 4. The van der Waals surface area contributed by atoms with Crippen LogP contribution in [0.1, 0.15) is 32.4 Å². The molecule has 1 fully saturated rings. The number of hydrogen-bond donors (Lipinski definition) is 1. The largest absolute Gasteiger partial charge is 0.351 e. The van der Waals surface area contributed by atoms with Gasteiger partial charge in [0.15, 0.2) is 0 Å². The van der Waals surface area contributed by atoms with E-state index in [9.17, 15) is 4.79 Å². The van der Waals surface area contributed by atoms with Gasteiger partial charge in [0.2, 0.25) is 0 Å². The Morgan fingerprint density at radius 3 is 2.83 bits per heavy atom. The minimum absolute atomic E-state index is 0.0534. The van der Waals surface area contributed by atoms with Gasteiger partial charge < -0.3 is 10.2 Å². The monoisotopic (exact) mass is 328 g/mol. The first-order chi connectivity index (χ1) is 11.6. The second-order valence-electron chi connectivity index (χ2n) is 6.37. The van der Waals surface area contributed by atoms with E-state index in [1.165, 1.54) is 0 Å². The lowest BCUT2D eigenvalue weighted by molar-refractivity contribution is 0.375. The maximum atomic E-state index is 12.4. The Kier molecular flexibility index (Phi) is 4.58. The summed E-state index contributed by atoms with van der Waals surface area (Å²) in [4.78, 5) is 14.7. The fraction of sp³-hybridized carbons (Fsp3) is 0.588. The quantitative estimate of drug-likeness (QED) is 0.908. The Bertz CT molecular complexity index is 830. The summed E-state index contributed by atoms with van der Waals surface area (Å²) in [7, 11) is 1.74. The van der Waals surface area contributed by atoms with Gasteiger partial charge in [0, 0.05) is 44.4 Å². The number of anilines is 1. The highest BCUT2D eigenvalue weighted by atomic mass is 16.1. The van der Waals surface area contributed by atoms with Crippen molar-refractivity contribution >= 4 is 11.5 Å². The molecule has 0 radical (unpaired) electrons. The lowest BCUT2D eigenvalue weighted by atomic mass is 10.1. The third-order valence-corrected chi connectivity index (χ3v) is 4.90. The van der Waals surface area contributed by atoms with Crippen LogP contribution in [0.4, 0.5) is 5.82 Å². The number of piperazine rings is 1. The molecule has 0 saturated carbocycles. The highest BCUT2D eigenvalue weighted by Crippen LogP contribution is 2.22. The number of nitrogens with zero attached hydrogens (tertiary/aromatic N) is 5. The molecule has 2 aromatic rings. The van der Waals surface area contributed by atoms with Crippen molar-refractivity contribution in [3.8, 4) is 6.07 Å². The zero-order valence-corrected chi connectivity index (χ0v) is 14.5. The second kappa shape index (κ2) is 6.65. The van der Waals surface area contributed by atoms with Gasteiger partial charge in [0.25, 0.3) is 5.56 Å². The molecule has 0 amide bonds. The van der Waals surface area contributed by atoms with Crippen LogP contribution in [-0.4, -0.2) is 39.4 Å². The van der Waals surface area contributed by atoms with Crippen LogP contribution in [0, 0.1) is 11.3 Å². The number of nitrogens with one attached hydrogen (secondary N) is 1. The zero-order chi connectivity index (χ0) is 17.3. The molecule has 7 heteroatoms. The zero-order valence-electron chi connectivity index (χ0n) is 14.5. The van der Waals surface area contributed by atoms with Crippen molar-refractivity contribution in [1.29, 1.82) is 5.26 Å². The van der Waals surface area contributed by atoms with Gasteiger partial charge in [-0.15, -0.1) is 0 Å². The molecule has 7 nitrogen and oxygen atoms in total. The first-order valence-electron chi connectivity index (χ1n) is 8.54. The molecule has 1 saturated heterocycles. The predicted molar refractivity (Wildman–Crippen MR) is 93.3 cm³/mol. The summed E-state index contributed by atoms with van der Waals surface area (Å²) >= 11 is 0. The molecule has 3 heterocycles. The first kappa shape index (κ1) is 16.5. The van der Waals surface area contributed by atoms with Gasteiger partial charge in [-0.3, -0.25) is 9.36 Å². The van der Waals surface area contributed by atoms with Crippen LogP contribution in [0.5, 0.6) is 0 Å². The third kappa shape index (κ3) is 2.78. The SMILES string of the molecule is CC[C@@H]1CN(c2cc(=O)n(C)c3cc(CC#N)nn23)[C@@H](CC)CN1. The summed E-state index contributed by atoms with van der Waals surface area (Å²) in [6.45, 7) is 6.08. The molecule has 128 valence electrons. The normalized spacial score (nSPS) is 21.2. The van der Waals surface area contributed by atoms with Gasteiger partial charge in [-0.05, 0) is 12.8 Å². The molecule has 24 heavy (non-hydrogen) atoms. The lowest BCUT2D eigenvalue weighted by Gasteiger charge is -2.41. The molecule has 1 aliphatic heterocycles. The van der Waals surface area contributed by atoms with Crippen molar-refractivity contribution in [3.63, 3.8) is 0 Å². The molecule has 0 bridgehead atoms. The Morgan fingerprint density at radius 2 is 2.17 bits per heavy atom. The Labute approximate surface area is 141 Å². The van der Waals surface area contributed by atoms with Crippen LogP contribution < -0.4 is 15.8 Å². The maximum absolute atomic E-state index is 12.4. The molecule has 0 unspecified atom stereocenters. The Hall–Kier alpha value is -2.33. The Morgan fingerprint density at radius 1 is 1.38 bits per heavy atom. The average Bonchev–Trinajstić information content (AvgIpc) is 3.02. The molecule has 2 atom stereocenters. The van der Waals surface area contributed by atoms with Crippen LogP contribution in [0.3, 0.4) is 0 Å². The van der Waals surface area contributed by atoms with E-state index in [-0.39, 0.29) is 12.0 Å². The van der Waals surface area contributed by atoms with E-state index in [4.69, 9.17) is 5.26 Å². The van der Waals surface area contributed by atoms with Crippen molar-refractivity contribution in [1.82, 2.24) is 19.5 Å². The highest BCUT2D eigenvalue weighted by molar-refractivity contribution is 5.52. The molecule has 1 aliphatic rings. The van der Waals surface area contributed by atoms with E-state index in [1.54, 1.807) is 17.7 Å². The lowest BCUT2D eigenvalue weighted by Crippen LogP contribution is -2.57. The van der Waals surface area contributed by atoms with Crippen LogP contribution in [0.25, 0.3) is 5.65 Å². The van der Waals surface area contributed by atoms with Crippen molar-refractivity contribution in [2.45, 2.75) is 45.2 Å². The average molecular weight is 328 g/mol. The number of nitriles is 1. The van der Waals surface area contributed by atoms with E-state index < -0.39 is 0 Å². The number of aryl methyl sites for hydroxylation is 1. The van der Waals surface area contributed by atoms with E-state index in [0.29, 0.717) is 17.8 Å². The van der Waals surface area contributed by atoms with Crippen LogP contribution in [0.15, 0.2) is 16.9 Å². The van der Waals surface area contributed by atoms with Crippen LogP contribution in [-0.2, 0) is 13.5 Å². The van der Waals surface area contributed by atoms with Gasteiger partial charge in [-0.1, -0.05) is 13.8 Å². The maximum Gasteiger partial charge on any atom is 0.255 e. The number of fused-ring (bicyclic) bond motifs is 1. The van der Waals surface area contributed by atoms with Crippen molar-refractivity contribution in [2.24, 2.45) is 7.05 Å². The predicted octanol–water partition coefficient (Wildman–Crippen LogP) is 1.07. The standard InChI is InChI=1S/C17H24N6O/c1-4-12-11-22(14(5-2)10-19-12)16-9-17(24)21(3)15-8-13(6-7-18)20-23(15)16/h8-9,12,14,19H,4-6,10-11H2,1-3H3/t12-,14+/m1/s1. The summed E-state index contributed by atoms with van der Waals surface area (Å²) in [6.07, 6.45) is 2.28. The van der Waals surface area contributed by atoms with E-state index in [2.05, 4.69) is 35.2 Å². The topological polar surface area (TPSA) is 78.4 Å². The Balaban J connectivity index is 2.15. The highest BCUT2D eigenvalue weighted by Gasteiger charge is 2.28. The number of aromatic nitrogens is 3. The van der Waals surface area contributed by atoms with Gasteiger partial charge in [0.05, 0.1) is 18.2 Å². The number of hydrogen-bond acceptors (Lipinski definition) is 5. The minimum Gasteiger partial charge on any atom is -0.351 e. The van der Waals surface area contributed by atoms with Gasteiger partial charge in [0.1, 0.15) is 11.5 Å². The van der Waals surface area contributed by atoms with Gasteiger partial charge >= 0.3 is 0 Å².